The van der Waals surface area contributed by atoms with Crippen LogP contribution in [0.2, 0.25) is 5.02 Å². The van der Waals surface area contributed by atoms with Crippen LogP contribution in [0.5, 0.6) is 0 Å². The quantitative estimate of drug-likeness (QED) is 0.708. The van der Waals surface area contributed by atoms with Crippen molar-refractivity contribution in [2.75, 3.05) is 6.61 Å². The molecule has 1 heterocycles. The summed E-state index contributed by atoms with van der Waals surface area (Å²) in [5.41, 5.74) is -0.368. The van der Waals surface area contributed by atoms with Gasteiger partial charge in [-0.2, -0.15) is 0 Å². The van der Waals surface area contributed by atoms with Crippen LogP contribution in [0.1, 0.15) is 44.5 Å². The highest BCUT2D eigenvalue weighted by Crippen LogP contribution is 2.22. The van der Waals surface area contributed by atoms with E-state index in [4.69, 9.17) is 16.3 Å². The molecular weight excluding hydrogens is 387 g/mol. The molecule has 1 aromatic heterocycles. The number of fused-ring (bicyclic) bond motifs is 1. The number of amides is 1. The zero-order valence-electron chi connectivity index (χ0n) is 16.3. The summed E-state index contributed by atoms with van der Waals surface area (Å²) in [5, 5.41) is 2.55. The molecule has 2 atom stereocenters. The number of pyridine rings is 1. The molecule has 1 amide bonds. The predicted octanol–water partition coefficient (Wildman–Crippen LogP) is 3.52. The second-order valence-electron chi connectivity index (χ2n) is 6.53. The van der Waals surface area contributed by atoms with Gasteiger partial charge >= 0.3 is 5.97 Å². The number of esters is 1. The third kappa shape index (κ3) is 4.35. The maximum absolute atomic E-state index is 13.9. The molecule has 0 aliphatic carbocycles. The molecular formula is C20H24ClFN2O4. The molecule has 0 aliphatic rings. The SMILES string of the molecule is CCOC(=O)[C@@H](NC(=O)c1cn(CC)c2cc(Cl)c(F)cc2c1=O)[C@H](C)CC. The van der Waals surface area contributed by atoms with Crippen molar-refractivity contribution in [3.63, 3.8) is 0 Å². The van der Waals surface area contributed by atoms with Gasteiger partial charge in [0.25, 0.3) is 5.91 Å². The molecule has 0 fully saturated rings. The standard InChI is InChI=1S/C20H24ClFN2O4/c1-5-11(4)17(20(27)28-7-3)23-19(26)13-10-24(6-2)16-9-14(21)15(22)8-12(16)18(13)25/h8-11,17H,5-7H2,1-4H3,(H,23,26)/t11-,17+/m1/s1. The molecule has 28 heavy (non-hydrogen) atoms. The van der Waals surface area contributed by atoms with Gasteiger partial charge in [0.05, 0.1) is 17.1 Å². The summed E-state index contributed by atoms with van der Waals surface area (Å²) < 4.78 is 20.6. The van der Waals surface area contributed by atoms with E-state index in [9.17, 15) is 18.8 Å². The Morgan fingerprint density at radius 2 is 1.96 bits per heavy atom. The summed E-state index contributed by atoms with van der Waals surface area (Å²) in [6.45, 7) is 7.81. The largest absolute Gasteiger partial charge is 0.464 e. The minimum absolute atomic E-state index is 0.0487. The number of halogens is 2. The van der Waals surface area contributed by atoms with E-state index in [1.807, 2.05) is 20.8 Å². The molecule has 1 aromatic carbocycles. The highest BCUT2D eigenvalue weighted by atomic mass is 35.5. The molecule has 8 heteroatoms. The van der Waals surface area contributed by atoms with Crippen LogP contribution < -0.4 is 10.7 Å². The summed E-state index contributed by atoms with van der Waals surface area (Å²) in [6.07, 6.45) is 2.03. The molecule has 0 saturated carbocycles. The van der Waals surface area contributed by atoms with Crippen molar-refractivity contribution < 1.29 is 18.7 Å². The molecule has 0 spiro atoms. The lowest BCUT2D eigenvalue weighted by atomic mass is 9.98. The van der Waals surface area contributed by atoms with Crippen LogP contribution in [0.3, 0.4) is 0 Å². The van der Waals surface area contributed by atoms with Crippen LogP contribution in [0.25, 0.3) is 10.9 Å². The molecule has 2 rings (SSSR count). The van der Waals surface area contributed by atoms with Gasteiger partial charge in [0.15, 0.2) is 0 Å². The van der Waals surface area contributed by atoms with Crippen molar-refractivity contribution in [1.82, 2.24) is 9.88 Å². The van der Waals surface area contributed by atoms with E-state index >= 15 is 0 Å². The molecule has 2 aromatic rings. The van der Waals surface area contributed by atoms with Gasteiger partial charge in [-0.05, 0) is 31.9 Å². The first kappa shape index (κ1) is 21.9. The summed E-state index contributed by atoms with van der Waals surface area (Å²) in [6, 6.07) is 1.50. The number of hydrogen-bond acceptors (Lipinski definition) is 4. The Morgan fingerprint density at radius 3 is 2.54 bits per heavy atom. The van der Waals surface area contributed by atoms with Gasteiger partial charge in [-0.1, -0.05) is 31.9 Å². The van der Waals surface area contributed by atoms with Crippen molar-refractivity contribution in [1.29, 1.82) is 0 Å². The normalized spacial score (nSPS) is 13.2. The van der Waals surface area contributed by atoms with Crippen LogP contribution >= 0.6 is 11.6 Å². The van der Waals surface area contributed by atoms with E-state index in [1.165, 1.54) is 12.3 Å². The number of aromatic nitrogens is 1. The predicted molar refractivity (Wildman–Crippen MR) is 106 cm³/mol. The van der Waals surface area contributed by atoms with Crippen molar-refractivity contribution in [3.05, 3.63) is 45.0 Å². The van der Waals surface area contributed by atoms with Gasteiger partial charge < -0.3 is 14.6 Å². The van der Waals surface area contributed by atoms with Crippen molar-refractivity contribution in [3.8, 4) is 0 Å². The summed E-state index contributed by atoms with van der Waals surface area (Å²) >= 11 is 5.83. The third-order valence-electron chi connectivity index (χ3n) is 4.75. The lowest BCUT2D eigenvalue weighted by Crippen LogP contribution is -2.47. The lowest BCUT2D eigenvalue weighted by Gasteiger charge is -2.22. The van der Waals surface area contributed by atoms with Gasteiger partial charge in [0.1, 0.15) is 17.4 Å². The molecule has 0 unspecified atom stereocenters. The van der Waals surface area contributed by atoms with E-state index in [1.54, 1.807) is 11.5 Å². The summed E-state index contributed by atoms with van der Waals surface area (Å²) in [4.78, 5) is 37.9. The van der Waals surface area contributed by atoms with Gasteiger partial charge in [0.2, 0.25) is 5.43 Å². The Kier molecular flexibility index (Phi) is 7.18. The molecule has 152 valence electrons. The number of aryl methyl sites for hydroxylation is 1. The number of carbonyl (C=O) groups is 2. The average molecular weight is 411 g/mol. The number of nitrogens with one attached hydrogen (secondary N) is 1. The van der Waals surface area contributed by atoms with Gasteiger partial charge in [-0.3, -0.25) is 9.59 Å². The topological polar surface area (TPSA) is 77.4 Å². The first-order chi connectivity index (χ1) is 13.2. The number of hydrogen-bond donors (Lipinski definition) is 1. The minimum Gasteiger partial charge on any atom is -0.464 e. The Morgan fingerprint density at radius 1 is 1.29 bits per heavy atom. The number of rotatable bonds is 7. The first-order valence-electron chi connectivity index (χ1n) is 9.24. The van der Waals surface area contributed by atoms with Crippen LogP contribution in [0.15, 0.2) is 23.1 Å². The molecule has 0 radical (unpaired) electrons. The Balaban J connectivity index is 2.52. The van der Waals surface area contributed by atoms with Crippen molar-refractivity contribution >= 4 is 34.4 Å². The lowest BCUT2D eigenvalue weighted by molar-refractivity contribution is -0.146. The zero-order chi connectivity index (χ0) is 21.0. The smallest absolute Gasteiger partial charge is 0.328 e. The van der Waals surface area contributed by atoms with E-state index in [-0.39, 0.29) is 28.5 Å². The van der Waals surface area contributed by atoms with Crippen molar-refractivity contribution in [2.24, 2.45) is 5.92 Å². The first-order valence-corrected chi connectivity index (χ1v) is 9.62. The van der Waals surface area contributed by atoms with Crippen LogP contribution in [0.4, 0.5) is 4.39 Å². The third-order valence-corrected chi connectivity index (χ3v) is 5.04. The van der Waals surface area contributed by atoms with Gasteiger partial charge in [-0.25, -0.2) is 9.18 Å². The fourth-order valence-electron chi connectivity index (χ4n) is 2.93. The number of benzene rings is 1. The van der Waals surface area contributed by atoms with Gasteiger partial charge in [-0.15, -0.1) is 0 Å². The van der Waals surface area contributed by atoms with Crippen molar-refractivity contribution in [2.45, 2.75) is 46.7 Å². The molecule has 0 saturated heterocycles. The molecule has 0 bridgehead atoms. The monoisotopic (exact) mass is 410 g/mol. The number of nitrogens with zero attached hydrogens (tertiary/aromatic N) is 1. The zero-order valence-corrected chi connectivity index (χ0v) is 17.1. The Bertz CT molecular complexity index is 957. The van der Waals surface area contributed by atoms with E-state index in [0.29, 0.717) is 18.5 Å². The maximum atomic E-state index is 13.9. The minimum atomic E-state index is -0.885. The number of ether oxygens (including phenoxy) is 1. The van der Waals surface area contributed by atoms with E-state index < -0.39 is 29.2 Å². The second kappa shape index (κ2) is 9.19. The average Bonchev–Trinajstić information content (AvgIpc) is 2.67. The highest BCUT2D eigenvalue weighted by molar-refractivity contribution is 6.31. The van der Waals surface area contributed by atoms with E-state index in [0.717, 1.165) is 6.07 Å². The summed E-state index contributed by atoms with van der Waals surface area (Å²) in [5.74, 6) is -2.19. The molecule has 1 N–H and O–H groups in total. The molecule has 6 nitrogen and oxygen atoms in total. The van der Waals surface area contributed by atoms with Crippen LogP contribution in [-0.4, -0.2) is 29.1 Å². The van der Waals surface area contributed by atoms with Crippen LogP contribution in [-0.2, 0) is 16.1 Å². The van der Waals surface area contributed by atoms with E-state index in [2.05, 4.69) is 5.32 Å². The second-order valence-corrected chi connectivity index (χ2v) is 6.94. The highest BCUT2D eigenvalue weighted by Gasteiger charge is 2.29. The van der Waals surface area contributed by atoms with Gasteiger partial charge in [0, 0.05) is 18.1 Å². The fourth-order valence-corrected chi connectivity index (χ4v) is 3.09. The fraction of sp³-hybridized carbons (Fsp3) is 0.450. The summed E-state index contributed by atoms with van der Waals surface area (Å²) in [7, 11) is 0. The Hall–Kier alpha value is -2.41. The molecule has 0 aliphatic heterocycles. The maximum Gasteiger partial charge on any atom is 0.328 e. The Labute approximate surface area is 167 Å². The van der Waals surface area contributed by atoms with Crippen LogP contribution in [0, 0.1) is 11.7 Å². The number of carbonyl (C=O) groups excluding carboxylic acids is 2.